The van der Waals surface area contributed by atoms with Crippen LogP contribution < -0.4 is 11.3 Å². The van der Waals surface area contributed by atoms with Crippen LogP contribution in [0.2, 0.25) is 0 Å². The summed E-state index contributed by atoms with van der Waals surface area (Å²) in [7, 11) is 0. The molecule has 2 aromatic carbocycles. The molecule has 0 atom stereocenters. The molecule has 5 heteroatoms. The molecular weight excluding hydrogens is 307 g/mol. The van der Waals surface area contributed by atoms with Crippen LogP contribution in [0.15, 0.2) is 47.3 Å². The molecule has 1 saturated carbocycles. The highest BCUT2D eigenvalue weighted by Crippen LogP contribution is 2.38. The Morgan fingerprint density at radius 3 is 2.50 bits per heavy atom. The van der Waals surface area contributed by atoms with E-state index in [9.17, 15) is 14.3 Å². The molecule has 4 nitrogen and oxygen atoms in total. The third kappa shape index (κ3) is 2.37. The lowest BCUT2D eigenvalue weighted by molar-refractivity contribution is 0.283. The molecule has 24 heavy (non-hydrogen) atoms. The number of halogens is 1. The van der Waals surface area contributed by atoms with Crippen molar-refractivity contribution in [1.29, 1.82) is 0 Å². The number of anilines is 1. The van der Waals surface area contributed by atoms with Gasteiger partial charge in [-0.3, -0.25) is 4.79 Å². The minimum atomic E-state index is -0.386. The zero-order chi connectivity index (χ0) is 16.8. The molecule has 3 aromatic rings. The first-order valence-electron chi connectivity index (χ1n) is 7.93. The minimum Gasteiger partial charge on any atom is -0.399 e. The number of nitrogens with zero attached hydrogens (tertiary/aromatic N) is 1. The van der Waals surface area contributed by atoms with Gasteiger partial charge in [0.05, 0.1) is 12.1 Å². The molecule has 0 aliphatic heterocycles. The topological polar surface area (TPSA) is 68.2 Å². The Labute approximate surface area is 138 Å². The normalized spacial score (nSPS) is 14.2. The highest BCUT2D eigenvalue weighted by atomic mass is 19.1. The van der Waals surface area contributed by atoms with Gasteiger partial charge in [-0.1, -0.05) is 12.1 Å². The number of aliphatic hydroxyl groups excluding tert-OH is 1. The van der Waals surface area contributed by atoms with E-state index in [-0.39, 0.29) is 24.0 Å². The second-order valence-corrected chi connectivity index (χ2v) is 6.24. The van der Waals surface area contributed by atoms with Crippen LogP contribution in [-0.4, -0.2) is 9.67 Å². The van der Waals surface area contributed by atoms with Gasteiger partial charge < -0.3 is 15.4 Å². The zero-order valence-electron chi connectivity index (χ0n) is 13.0. The second-order valence-electron chi connectivity index (χ2n) is 6.24. The summed E-state index contributed by atoms with van der Waals surface area (Å²) in [6.45, 7) is -0.294. The van der Waals surface area contributed by atoms with Crippen molar-refractivity contribution in [3.63, 3.8) is 0 Å². The Kier molecular flexibility index (Phi) is 3.39. The van der Waals surface area contributed by atoms with Crippen molar-refractivity contribution >= 4 is 16.6 Å². The Bertz CT molecular complexity index is 989. The molecule has 0 radical (unpaired) electrons. The number of pyridine rings is 1. The molecule has 0 spiro atoms. The van der Waals surface area contributed by atoms with Crippen molar-refractivity contribution in [3.8, 4) is 11.1 Å². The quantitative estimate of drug-likeness (QED) is 0.727. The van der Waals surface area contributed by atoms with Gasteiger partial charge in [0.2, 0.25) is 0 Å². The molecule has 0 amide bonds. The van der Waals surface area contributed by atoms with E-state index in [1.54, 1.807) is 34.9 Å². The fraction of sp³-hybridized carbons (Fsp3) is 0.211. The molecule has 0 unspecified atom stereocenters. The number of aliphatic hydroxyl groups is 1. The highest BCUT2D eigenvalue weighted by molar-refractivity contribution is 5.88. The van der Waals surface area contributed by atoms with Crippen molar-refractivity contribution in [3.05, 3.63) is 64.2 Å². The van der Waals surface area contributed by atoms with Gasteiger partial charge in [0.1, 0.15) is 5.82 Å². The van der Waals surface area contributed by atoms with Gasteiger partial charge in [-0.05, 0) is 48.2 Å². The number of rotatable bonds is 3. The van der Waals surface area contributed by atoms with E-state index in [4.69, 9.17) is 5.73 Å². The van der Waals surface area contributed by atoms with Crippen LogP contribution in [0.4, 0.5) is 10.1 Å². The molecule has 122 valence electrons. The monoisotopic (exact) mass is 324 g/mol. The molecule has 1 aliphatic carbocycles. The van der Waals surface area contributed by atoms with Gasteiger partial charge >= 0.3 is 0 Å². The zero-order valence-corrected chi connectivity index (χ0v) is 13.0. The summed E-state index contributed by atoms with van der Waals surface area (Å²) in [5.74, 6) is -0.386. The second kappa shape index (κ2) is 5.46. The van der Waals surface area contributed by atoms with Crippen molar-refractivity contribution in [2.75, 3.05) is 5.73 Å². The predicted octanol–water partition coefficient (Wildman–Crippen LogP) is 3.22. The summed E-state index contributed by atoms with van der Waals surface area (Å²) in [6.07, 6.45) is 1.89. The van der Waals surface area contributed by atoms with Crippen LogP contribution in [0, 0.1) is 5.82 Å². The molecule has 1 heterocycles. The SMILES string of the molecule is Nc1ccc(-c2cc3c(cc2F)c(CO)cc(=O)n3C2CC2)cc1. The lowest BCUT2D eigenvalue weighted by Crippen LogP contribution is -2.20. The standard InChI is InChI=1S/C19H17FN2O2/c20-17-8-16-12(10-23)7-19(24)22(14-5-6-14)18(16)9-15(17)11-1-3-13(21)4-2-11/h1-4,7-9,14,23H,5-6,10,21H2. The lowest BCUT2D eigenvalue weighted by Gasteiger charge is -2.14. The number of fused-ring (bicyclic) bond motifs is 1. The summed E-state index contributed by atoms with van der Waals surface area (Å²) in [6, 6.07) is 11.6. The van der Waals surface area contributed by atoms with E-state index in [1.165, 1.54) is 12.1 Å². The number of nitrogens with two attached hydrogens (primary N) is 1. The van der Waals surface area contributed by atoms with E-state index in [2.05, 4.69) is 0 Å². The third-order valence-electron chi connectivity index (χ3n) is 4.53. The third-order valence-corrected chi connectivity index (χ3v) is 4.53. The van der Waals surface area contributed by atoms with Gasteiger partial charge in [-0.15, -0.1) is 0 Å². The summed E-state index contributed by atoms with van der Waals surface area (Å²) >= 11 is 0. The molecule has 3 N–H and O–H groups in total. The van der Waals surface area contributed by atoms with Gasteiger partial charge in [0.25, 0.3) is 5.56 Å². The fourth-order valence-corrected chi connectivity index (χ4v) is 3.16. The Hall–Kier alpha value is -2.66. The molecular formula is C19H17FN2O2. The van der Waals surface area contributed by atoms with Crippen LogP contribution in [0.25, 0.3) is 22.0 Å². The van der Waals surface area contributed by atoms with Crippen LogP contribution in [0.5, 0.6) is 0 Å². The average Bonchev–Trinajstić information content (AvgIpc) is 3.39. The number of aromatic nitrogens is 1. The number of hydrogen-bond acceptors (Lipinski definition) is 3. The molecule has 0 bridgehead atoms. The van der Waals surface area contributed by atoms with Crippen molar-refractivity contribution < 1.29 is 9.50 Å². The smallest absolute Gasteiger partial charge is 0.251 e. The maximum atomic E-state index is 14.7. The fourth-order valence-electron chi connectivity index (χ4n) is 3.16. The van der Waals surface area contributed by atoms with E-state index in [1.807, 2.05) is 0 Å². The first-order chi connectivity index (χ1) is 11.6. The number of benzene rings is 2. The average molecular weight is 324 g/mol. The first-order valence-corrected chi connectivity index (χ1v) is 7.93. The van der Waals surface area contributed by atoms with Gasteiger partial charge in [0, 0.05) is 28.7 Å². The van der Waals surface area contributed by atoms with E-state index in [0.29, 0.717) is 33.3 Å². The highest BCUT2D eigenvalue weighted by Gasteiger charge is 2.27. The van der Waals surface area contributed by atoms with Gasteiger partial charge in [0.15, 0.2) is 0 Å². The Balaban J connectivity index is 2.03. The van der Waals surface area contributed by atoms with Crippen LogP contribution in [-0.2, 0) is 6.61 Å². The summed E-state index contributed by atoms with van der Waals surface area (Å²) in [5, 5.41) is 10.1. The summed E-state index contributed by atoms with van der Waals surface area (Å²) in [4.78, 5) is 12.4. The molecule has 4 rings (SSSR count). The van der Waals surface area contributed by atoms with Gasteiger partial charge in [-0.2, -0.15) is 0 Å². The van der Waals surface area contributed by atoms with Crippen molar-refractivity contribution in [1.82, 2.24) is 4.57 Å². The molecule has 1 aliphatic rings. The lowest BCUT2D eigenvalue weighted by atomic mass is 10.00. The number of hydrogen-bond donors (Lipinski definition) is 2. The molecule has 1 fully saturated rings. The largest absolute Gasteiger partial charge is 0.399 e. The van der Waals surface area contributed by atoms with Gasteiger partial charge in [-0.25, -0.2) is 4.39 Å². The number of nitrogen functional groups attached to an aromatic ring is 1. The Morgan fingerprint density at radius 1 is 1.17 bits per heavy atom. The molecule has 1 aromatic heterocycles. The van der Waals surface area contributed by atoms with E-state index in [0.717, 1.165) is 12.8 Å². The molecule has 0 saturated heterocycles. The van der Waals surface area contributed by atoms with Crippen LogP contribution in [0.3, 0.4) is 0 Å². The van der Waals surface area contributed by atoms with E-state index < -0.39 is 0 Å². The minimum absolute atomic E-state index is 0.149. The predicted molar refractivity (Wildman–Crippen MR) is 92.2 cm³/mol. The summed E-state index contributed by atoms with van der Waals surface area (Å²) < 4.78 is 16.4. The summed E-state index contributed by atoms with van der Waals surface area (Å²) in [5.41, 5.74) is 8.40. The van der Waals surface area contributed by atoms with E-state index >= 15 is 0 Å². The Morgan fingerprint density at radius 2 is 1.88 bits per heavy atom. The van der Waals surface area contributed by atoms with Crippen molar-refractivity contribution in [2.45, 2.75) is 25.5 Å². The maximum absolute atomic E-state index is 14.7. The van der Waals surface area contributed by atoms with Crippen LogP contribution >= 0.6 is 0 Å². The maximum Gasteiger partial charge on any atom is 0.251 e. The van der Waals surface area contributed by atoms with Crippen LogP contribution in [0.1, 0.15) is 24.4 Å². The first kappa shape index (κ1) is 14.9. The van der Waals surface area contributed by atoms with Crippen molar-refractivity contribution in [2.24, 2.45) is 0 Å².